The Bertz CT molecular complexity index is 621. The summed E-state index contributed by atoms with van der Waals surface area (Å²) in [6, 6.07) is 6.29. The highest BCUT2D eigenvalue weighted by atomic mass is 32.2. The molecule has 3 rings (SSSR count). The fourth-order valence-electron chi connectivity index (χ4n) is 2.62. The Balaban J connectivity index is 1.73. The molecule has 1 aromatic carbocycles. The zero-order valence-corrected chi connectivity index (χ0v) is 12.4. The molecule has 1 atom stereocenters. The van der Waals surface area contributed by atoms with E-state index in [4.69, 9.17) is 4.74 Å². The lowest BCUT2D eigenvalue weighted by molar-refractivity contribution is -0.124. The van der Waals surface area contributed by atoms with Crippen LogP contribution in [0.3, 0.4) is 0 Å². The zero-order chi connectivity index (χ0) is 14.9. The molecule has 0 spiro atoms. The van der Waals surface area contributed by atoms with Crippen molar-refractivity contribution in [1.29, 1.82) is 0 Å². The van der Waals surface area contributed by atoms with E-state index < -0.39 is 16.1 Å². The number of rotatable bonds is 4. The third-order valence-corrected chi connectivity index (χ3v) is 5.72. The van der Waals surface area contributed by atoms with Crippen molar-refractivity contribution in [3.05, 3.63) is 24.3 Å². The molecule has 2 aliphatic rings. The number of carbonyl (C=O) groups is 1. The minimum Gasteiger partial charge on any atom is -0.481 e. The van der Waals surface area contributed by atoms with Gasteiger partial charge in [-0.2, -0.15) is 4.31 Å². The molecule has 21 heavy (non-hydrogen) atoms. The van der Waals surface area contributed by atoms with E-state index >= 15 is 0 Å². The molecule has 0 aromatic heterocycles. The summed E-state index contributed by atoms with van der Waals surface area (Å²) in [5.41, 5.74) is 0. The fourth-order valence-corrected chi connectivity index (χ4v) is 4.13. The lowest BCUT2D eigenvalue weighted by Crippen LogP contribution is -2.28. The van der Waals surface area contributed by atoms with E-state index in [1.807, 2.05) is 0 Å². The predicted molar refractivity (Wildman–Crippen MR) is 76.5 cm³/mol. The van der Waals surface area contributed by atoms with Crippen LogP contribution in [0.25, 0.3) is 0 Å². The number of carbonyl (C=O) groups excluding carboxylic acids is 1. The van der Waals surface area contributed by atoms with Gasteiger partial charge in [0.25, 0.3) is 5.91 Å². The first-order valence-corrected chi connectivity index (χ1v) is 8.56. The van der Waals surface area contributed by atoms with Crippen molar-refractivity contribution in [2.75, 3.05) is 19.6 Å². The van der Waals surface area contributed by atoms with Crippen LogP contribution in [-0.2, 0) is 14.8 Å². The van der Waals surface area contributed by atoms with Gasteiger partial charge in [0.2, 0.25) is 10.0 Å². The topological polar surface area (TPSA) is 75.7 Å². The van der Waals surface area contributed by atoms with E-state index in [0.29, 0.717) is 31.8 Å². The molecule has 1 amide bonds. The minimum atomic E-state index is -3.39. The molecule has 0 saturated carbocycles. The Hall–Kier alpha value is -1.60. The number of benzene rings is 1. The molecule has 114 valence electrons. The second-order valence-corrected chi connectivity index (χ2v) is 7.21. The van der Waals surface area contributed by atoms with Crippen molar-refractivity contribution >= 4 is 15.9 Å². The van der Waals surface area contributed by atoms with Crippen LogP contribution in [0, 0.1) is 0 Å². The van der Waals surface area contributed by atoms with Gasteiger partial charge >= 0.3 is 0 Å². The quantitative estimate of drug-likeness (QED) is 0.890. The number of amides is 1. The lowest BCUT2D eigenvalue weighted by atomic mass is 10.3. The number of nitrogens with one attached hydrogen (secondary N) is 1. The Morgan fingerprint density at radius 2 is 1.81 bits per heavy atom. The van der Waals surface area contributed by atoms with E-state index in [1.165, 1.54) is 16.4 Å². The van der Waals surface area contributed by atoms with Crippen molar-refractivity contribution in [1.82, 2.24) is 9.62 Å². The van der Waals surface area contributed by atoms with Gasteiger partial charge in [-0.15, -0.1) is 0 Å². The number of hydrogen-bond acceptors (Lipinski definition) is 4. The van der Waals surface area contributed by atoms with Crippen molar-refractivity contribution in [2.45, 2.75) is 30.3 Å². The van der Waals surface area contributed by atoms with Crippen LogP contribution < -0.4 is 10.1 Å². The van der Waals surface area contributed by atoms with E-state index in [-0.39, 0.29) is 10.8 Å². The molecule has 1 aromatic rings. The van der Waals surface area contributed by atoms with Crippen LogP contribution >= 0.6 is 0 Å². The smallest absolute Gasteiger partial charge is 0.261 e. The molecule has 0 bridgehead atoms. The average molecular weight is 310 g/mol. The van der Waals surface area contributed by atoms with E-state index in [9.17, 15) is 13.2 Å². The van der Waals surface area contributed by atoms with Crippen LogP contribution in [0.2, 0.25) is 0 Å². The summed E-state index contributed by atoms with van der Waals surface area (Å²) in [5, 5.41) is 2.70. The molecule has 2 aliphatic heterocycles. The number of nitrogens with zero attached hydrogens (tertiary/aromatic N) is 1. The molecular weight excluding hydrogens is 292 g/mol. The second kappa shape index (κ2) is 5.65. The summed E-state index contributed by atoms with van der Waals surface area (Å²) in [6.45, 7) is 1.79. The maximum absolute atomic E-state index is 12.4. The van der Waals surface area contributed by atoms with Crippen molar-refractivity contribution in [3.63, 3.8) is 0 Å². The molecule has 2 fully saturated rings. The van der Waals surface area contributed by atoms with Crippen LogP contribution in [0.5, 0.6) is 5.75 Å². The highest BCUT2D eigenvalue weighted by molar-refractivity contribution is 7.89. The molecule has 0 aliphatic carbocycles. The van der Waals surface area contributed by atoms with E-state index in [0.717, 1.165) is 12.8 Å². The average Bonchev–Trinajstić information content (AvgIpc) is 3.12. The molecule has 2 heterocycles. The van der Waals surface area contributed by atoms with Crippen LogP contribution in [0.1, 0.15) is 19.3 Å². The summed E-state index contributed by atoms with van der Waals surface area (Å²) >= 11 is 0. The van der Waals surface area contributed by atoms with Crippen molar-refractivity contribution in [2.24, 2.45) is 0 Å². The molecule has 1 N–H and O–H groups in total. The summed E-state index contributed by atoms with van der Waals surface area (Å²) in [4.78, 5) is 11.7. The number of hydrogen-bond donors (Lipinski definition) is 1. The van der Waals surface area contributed by atoms with Crippen LogP contribution in [-0.4, -0.2) is 44.4 Å². The predicted octanol–water partition coefficient (Wildman–Crippen LogP) is 0.738. The highest BCUT2D eigenvalue weighted by Gasteiger charge is 2.28. The SMILES string of the molecule is O=C1NCC[C@@H]1Oc1ccc(S(=O)(=O)N2CCCC2)cc1. The van der Waals surface area contributed by atoms with Gasteiger partial charge in [-0.25, -0.2) is 8.42 Å². The molecule has 2 saturated heterocycles. The Morgan fingerprint density at radius 1 is 1.14 bits per heavy atom. The fraction of sp³-hybridized carbons (Fsp3) is 0.500. The van der Waals surface area contributed by atoms with Gasteiger partial charge in [0, 0.05) is 26.1 Å². The molecule has 0 radical (unpaired) electrons. The Labute approximate surface area is 124 Å². The maximum Gasteiger partial charge on any atom is 0.261 e. The minimum absolute atomic E-state index is 0.122. The van der Waals surface area contributed by atoms with Gasteiger partial charge in [0.15, 0.2) is 6.10 Å². The normalized spacial score (nSPS) is 23.2. The third-order valence-electron chi connectivity index (χ3n) is 3.80. The van der Waals surface area contributed by atoms with Gasteiger partial charge in [-0.1, -0.05) is 0 Å². The first kappa shape index (κ1) is 14.3. The standard InChI is InChI=1S/C14H18N2O4S/c17-14-13(7-8-15-14)20-11-3-5-12(6-4-11)21(18,19)16-9-1-2-10-16/h3-6,13H,1-2,7-10H2,(H,15,17)/t13-/m0/s1. The first-order valence-electron chi connectivity index (χ1n) is 7.12. The number of sulfonamides is 1. The van der Waals surface area contributed by atoms with Crippen LogP contribution in [0.15, 0.2) is 29.2 Å². The summed E-state index contributed by atoms with van der Waals surface area (Å²) in [6.07, 6.45) is 1.98. The first-order chi connectivity index (χ1) is 10.1. The Morgan fingerprint density at radius 3 is 2.38 bits per heavy atom. The highest BCUT2D eigenvalue weighted by Crippen LogP contribution is 2.23. The summed E-state index contributed by atoms with van der Waals surface area (Å²) in [7, 11) is -3.39. The van der Waals surface area contributed by atoms with Gasteiger partial charge in [0.1, 0.15) is 5.75 Å². The molecule has 7 heteroatoms. The monoisotopic (exact) mass is 310 g/mol. The molecule has 0 unspecified atom stereocenters. The second-order valence-electron chi connectivity index (χ2n) is 5.27. The number of ether oxygens (including phenoxy) is 1. The Kier molecular flexibility index (Phi) is 3.86. The zero-order valence-electron chi connectivity index (χ0n) is 11.6. The van der Waals surface area contributed by atoms with Gasteiger partial charge in [-0.3, -0.25) is 4.79 Å². The van der Waals surface area contributed by atoms with Crippen molar-refractivity contribution < 1.29 is 17.9 Å². The van der Waals surface area contributed by atoms with Gasteiger partial charge in [-0.05, 0) is 37.1 Å². The lowest BCUT2D eigenvalue weighted by Gasteiger charge is -2.16. The van der Waals surface area contributed by atoms with E-state index in [1.54, 1.807) is 12.1 Å². The largest absolute Gasteiger partial charge is 0.481 e. The summed E-state index contributed by atoms with van der Waals surface area (Å²) in [5.74, 6) is 0.390. The summed E-state index contributed by atoms with van der Waals surface area (Å²) < 4.78 is 31.8. The maximum atomic E-state index is 12.4. The third kappa shape index (κ3) is 2.89. The van der Waals surface area contributed by atoms with Crippen molar-refractivity contribution in [3.8, 4) is 5.75 Å². The van der Waals surface area contributed by atoms with Gasteiger partial charge < -0.3 is 10.1 Å². The molecule has 6 nitrogen and oxygen atoms in total. The van der Waals surface area contributed by atoms with Crippen LogP contribution in [0.4, 0.5) is 0 Å². The molecular formula is C14H18N2O4S. The van der Waals surface area contributed by atoms with Gasteiger partial charge in [0.05, 0.1) is 4.90 Å². The van der Waals surface area contributed by atoms with E-state index in [2.05, 4.69) is 5.32 Å².